The Morgan fingerprint density at radius 3 is 2.82 bits per heavy atom. The number of nitrogens with zero attached hydrogens (tertiary/aromatic N) is 2. The van der Waals surface area contributed by atoms with Crippen molar-refractivity contribution in [3.05, 3.63) is 47.8 Å². The molecule has 1 amide bonds. The van der Waals surface area contributed by atoms with Crippen molar-refractivity contribution in [1.82, 2.24) is 9.97 Å². The molecule has 5 heteroatoms. The van der Waals surface area contributed by atoms with E-state index in [1.807, 2.05) is 0 Å². The highest BCUT2D eigenvalue weighted by Gasteiger charge is 2.08. The van der Waals surface area contributed by atoms with Gasteiger partial charge in [-0.2, -0.15) is 0 Å². The Hall–Kier alpha value is -2.43. The average Bonchev–Trinajstić information content (AvgIpc) is 2.29. The molecule has 0 saturated carbocycles. The van der Waals surface area contributed by atoms with Crippen LogP contribution in [0, 0.1) is 6.92 Å². The van der Waals surface area contributed by atoms with E-state index in [2.05, 4.69) is 15.3 Å². The number of carbonyl (C=O) groups is 1. The number of hydrogen-bond donors (Lipinski definition) is 2. The van der Waals surface area contributed by atoms with Crippen molar-refractivity contribution in [2.24, 2.45) is 0 Å². The van der Waals surface area contributed by atoms with Gasteiger partial charge in [-0.05, 0) is 31.2 Å². The predicted molar refractivity (Wildman–Crippen MR) is 65.6 cm³/mol. The summed E-state index contributed by atoms with van der Waals surface area (Å²) in [5, 5.41) is 2.68. The first-order valence-corrected chi connectivity index (χ1v) is 5.12. The molecule has 2 heterocycles. The Balaban J connectivity index is 2.20. The third-order valence-electron chi connectivity index (χ3n) is 2.14. The van der Waals surface area contributed by atoms with Gasteiger partial charge in [-0.3, -0.25) is 4.79 Å². The van der Waals surface area contributed by atoms with Gasteiger partial charge < -0.3 is 11.1 Å². The molecule has 0 fully saturated rings. The number of nitrogens with one attached hydrogen (secondary N) is 1. The Kier molecular flexibility index (Phi) is 3.00. The number of hydrogen-bond acceptors (Lipinski definition) is 4. The van der Waals surface area contributed by atoms with Crippen LogP contribution in [-0.2, 0) is 0 Å². The van der Waals surface area contributed by atoms with Gasteiger partial charge in [0.1, 0.15) is 11.6 Å². The molecule has 0 saturated heterocycles. The monoisotopic (exact) mass is 228 g/mol. The molecular formula is C12H12N4O. The quantitative estimate of drug-likeness (QED) is 0.818. The van der Waals surface area contributed by atoms with Crippen LogP contribution >= 0.6 is 0 Å². The molecule has 2 aromatic rings. The molecular weight excluding hydrogens is 216 g/mol. The summed E-state index contributed by atoms with van der Waals surface area (Å²) in [5.41, 5.74) is 6.76. The summed E-state index contributed by atoms with van der Waals surface area (Å²) in [6.07, 6.45) is 1.61. The van der Waals surface area contributed by atoms with E-state index >= 15 is 0 Å². The maximum atomic E-state index is 11.9. The van der Waals surface area contributed by atoms with Gasteiger partial charge in [0.25, 0.3) is 5.91 Å². The molecule has 17 heavy (non-hydrogen) atoms. The first kappa shape index (κ1) is 11.1. The molecule has 86 valence electrons. The van der Waals surface area contributed by atoms with Crippen molar-refractivity contribution in [3.8, 4) is 0 Å². The van der Waals surface area contributed by atoms with Crippen molar-refractivity contribution in [2.45, 2.75) is 6.92 Å². The molecule has 0 aliphatic heterocycles. The zero-order chi connectivity index (χ0) is 12.3. The Morgan fingerprint density at radius 2 is 2.18 bits per heavy atom. The fourth-order valence-corrected chi connectivity index (χ4v) is 1.45. The van der Waals surface area contributed by atoms with Crippen LogP contribution in [0.15, 0.2) is 36.5 Å². The van der Waals surface area contributed by atoms with Gasteiger partial charge in [0.2, 0.25) is 0 Å². The zero-order valence-electron chi connectivity index (χ0n) is 9.34. The summed E-state index contributed by atoms with van der Waals surface area (Å²) >= 11 is 0. The zero-order valence-corrected chi connectivity index (χ0v) is 9.34. The molecule has 0 atom stereocenters. The summed E-state index contributed by atoms with van der Waals surface area (Å²) in [6, 6.07) is 8.51. The molecule has 3 N–H and O–H groups in total. The van der Waals surface area contributed by atoms with Gasteiger partial charge in [-0.25, -0.2) is 9.97 Å². The lowest BCUT2D eigenvalue weighted by molar-refractivity contribution is 0.102. The lowest BCUT2D eigenvalue weighted by atomic mass is 10.2. The number of aryl methyl sites for hydroxylation is 1. The summed E-state index contributed by atoms with van der Waals surface area (Å²) in [7, 11) is 0. The summed E-state index contributed by atoms with van der Waals surface area (Å²) in [6.45, 7) is 1.79. The van der Waals surface area contributed by atoms with Crippen LogP contribution in [0.5, 0.6) is 0 Å². The van der Waals surface area contributed by atoms with Crippen LogP contribution in [0.3, 0.4) is 0 Å². The third-order valence-corrected chi connectivity index (χ3v) is 2.14. The minimum atomic E-state index is -0.249. The fourth-order valence-electron chi connectivity index (χ4n) is 1.45. The van der Waals surface area contributed by atoms with Gasteiger partial charge in [0.15, 0.2) is 0 Å². The van der Waals surface area contributed by atoms with Crippen LogP contribution < -0.4 is 11.1 Å². The summed E-state index contributed by atoms with van der Waals surface area (Å²) in [5.74, 6) is 0.586. The van der Waals surface area contributed by atoms with E-state index in [9.17, 15) is 4.79 Å². The Bertz CT molecular complexity index is 519. The number of nitrogens with two attached hydrogens (primary N) is 1. The highest BCUT2D eigenvalue weighted by Crippen LogP contribution is 2.09. The fraction of sp³-hybridized carbons (Fsp3) is 0.0833. The van der Waals surface area contributed by atoms with Gasteiger partial charge in [0.05, 0.1) is 0 Å². The van der Waals surface area contributed by atoms with Crippen molar-refractivity contribution >= 4 is 17.5 Å². The van der Waals surface area contributed by atoms with Crippen LogP contribution in [0.2, 0.25) is 0 Å². The molecule has 0 spiro atoms. The van der Waals surface area contributed by atoms with Gasteiger partial charge in [-0.15, -0.1) is 0 Å². The molecule has 0 bridgehead atoms. The molecule has 2 rings (SSSR count). The molecule has 0 aromatic carbocycles. The number of rotatable bonds is 2. The third kappa shape index (κ3) is 2.78. The standard InChI is InChI=1S/C12H12N4O/c1-8-6-9(7-10(13)15-8)12(17)16-11-4-2-3-5-14-11/h2-7H,1H3,(H2,13,15)(H,14,16,17). The average molecular weight is 228 g/mol. The second-order valence-electron chi connectivity index (χ2n) is 3.59. The molecule has 0 unspecified atom stereocenters. The maximum Gasteiger partial charge on any atom is 0.257 e. The van der Waals surface area contributed by atoms with E-state index in [1.54, 1.807) is 37.4 Å². The highest BCUT2D eigenvalue weighted by atomic mass is 16.1. The van der Waals surface area contributed by atoms with Gasteiger partial charge >= 0.3 is 0 Å². The van der Waals surface area contributed by atoms with Crippen LogP contribution in [0.1, 0.15) is 16.1 Å². The van der Waals surface area contributed by atoms with Gasteiger partial charge in [0, 0.05) is 17.5 Å². The van der Waals surface area contributed by atoms with Crippen molar-refractivity contribution < 1.29 is 4.79 Å². The Labute approximate surface area is 98.7 Å². The second-order valence-corrected chi connectivity index (χ2v) is 3.59. The van der Waals surface area contributed by atoms with E-state index in [0.29, 0.717) is 22.9 Å². The van der Waals surface area contributed by atoms with E-state index < -0.39 is 0 Å². The number of carbonyl (C=O) groups excluding carboxylic acids is 1. The van der Waals surface area contributed by atoms with E-state index in [4.69, 9.17) is 5.73 Å². The highest BCUT2D eigenvalue weighted by molar-refractivity contribution is 6.04. The number of nitrogen functional groups attached to an aromatic ring is 1. The summed E-state index contributed by atoms with van der Waals surface area (Å²) < 4.78 is 0. The van der Waals surface area contributed by atoms with Crippen molar-refractivity contribution in [1.29, 1.82) is 0 Å². The predicted octanol–water partition coefficient (Wildman–Crippen LogP) is 1.62. The normalized spacial score (nSPS) is 9.94. The molecule has 2 aromatic heterocycles. The van der Waals surface area contributed by atoms with Crippen LogP contribution in [0.25, 0.3) is 0 Å². The maximum absolute atomic E-state index is 11.9. The smallest absolute Gasteiger partial charge is 0.257 e. The largest absolute Gasteiger partial charge is 0.384 e. The molecule has 0 aliphatic carbocycles. The summed E-state index contributed by atoms with van der Waals surface area (Å²) in [4.78, 5) is 19.9. The second kappa shape index (κ2) is 4.61. The van der Waals surface area contributed by atoms with Gasteiger partial charge in [-0.1, -0.05) is 6.07 Å². The van der Waals surface area contributed by atoms with Crippen molar-refractivity contribution in [2.75, 3.05) is 11.1 Å². The minimum absolute atomic E-state index is 0.249. The lowest BCUT2D eigenvalue weighted by Gasteiger charge is -2.05. The number of aromatic nitrogens is 2. The van der Waals surface area contributed by atoms with Crippen LogP contribution in [0.4, 0.5) is 11.6 Å². The topological polar surface area (TPSA) is 80.9 Å². The lowest BCUT2D eigenvalue weighted by Crippen LogP contribution is -2.13. The minimum Gasteiger partial charge on any atom is -0.384 e. The first-order chi connectivity index (χ1) is 8.15. The number of anilines is 2. The molecule has 0 radical (unpaired) electrons. The number of amides is 1. The molecule has 0 aliphatic rings. The van der Waals surface area contributed by atoms with E-state index in [-0.39, 0.29) is 5.91 Å². The van der Waals surface area contributed by atoms with Crippen LogP contribution in [-0.4, -0.2) is 15.9 Å². The Morgan fingerprint density at radius 1 is 1.35 bits per heavy atom. The first-order valence-electron chi connectivity index (χ1n) is 5.12. The van der Waals surface area contributed by atoms with E-state index in [1.165, 1.54) is 6.07 Å². The molecule has 5 nitrogen and oxygen atoms in total. The van der Waals surface area contributed by atoms with Crippen molar-refractivity contribution in [3.63, 3.8) is 0 Å². The number of pyridine rings is 2. The SMILES string of the molecule is Cc1cc(C(=O)Nc2ccccn2)cc(N)n1. The van der Waals surface area contributed by atoms with E-state index in [0.717, 1.165) is 0 Å².